The van der Waals surface area contributed by atoms with Crippen molar-refractivity contribution in [2.45, 2.75) is 6.92 Å². The highest BCUT2D eigenvalue weighted by atomic mass is 16.2. The first kappa shape index (κ1) is 16.6. The first-order chi connectivity index (χ1) is 13.1. The third-order valence-electron chi connectivity index (χ3n) is 4.51. The Labute approximate surface area is 154 Å². The van der Waals surface area contributed by atoms with Gasteiger partial charge in [0.2, 0.25) is 0 Å². The van der Waals surface area contributed by atoms with Crippen LogP contribution in [0.4, 0.5) is 0 Å². The number of para-hydroxylation sites is 1. The molecule has 0 aliphatic rings. The highest BCUT2D eigenvalue weighted by molar-refractivity contribution is 5.84. The van der Waals surface area contributed by atoms with Crippen molar-refractivity contribution in [1.29, 1.82) is 0 Å². The van der Waals surface area contributed by atoms with Crippen molar-refractivity contribution in [1.82, 2.24) is 19.3 Å². The Morgan fingerprint density at radius 3 is 2.41 bits per heavy atom. The SMILES string of the molecule is Cc1c(C#Cc2cccc3[nH]c(=O)n(-c4ccccc4)c(=O)c23)cnn1C. The highest BCUT2D eigenvalue weighted by Crippen LogP contribution is 2.13. The largest absolute Gasteiger partial charge is 0.333 e. The molecule has 0 bridgehead atoms. The Kier molecular flexibility index (Phi) is 3.98. The van der Waals surface area contributed by atoms with E-state index in [0.717, 1.165) is 15.8 Å². The Bertz CT molecular complexity index is 1330. The molecule has 0 amide bonds. The van der Waals surface area contributed by atoms with E-state index in [1.54, 1.807) is 53.3 Å². The van der Waals surface area contributed by atoms with E-state index in [1.165, 1.54) is 0 Å². The number of fused-ring (bicyclic) bond motifs is 1. The van der Waals surface area contributed by atoms with Crippen LogP contribution in [0.2, 0.25) is 0 Å². The van der Waals surface area contributed by atoms with E-state index in [4.69, 9.17) is 0 Å². The van der Waals surface area contributed by atoms with E-state index in [0.29, 0.717) is 22.2 Å². The molecule has 0 unspecified atom stereocenters. The number of benzene rings is 2. The average Bonchev–Trinajstić information content (AvgIpc) is 2.99. The van der Waals surface area contributed by atoms with E-state index in [1.807, 2.05) is 20.0 Å². The van der Waals surface area contributed by atoms with Gasteiger partial charge in [-0.15, -0.1) is 0 Å². The van der Waals surface area contributed by atoms with Gasteiger partial charge in [-0.25, -0.2) is 9.36 Å². The number of aromatic amines is 1. The summed E-state index contributed by atoms with van der Waals surface area (Å²) >= 11 is 0. The van der Waals surface area contributed by atoms with E-state index in [2.05, 4.69) is 21.9 Å². The number of hydrogen-bond donors (Lipinski definition) is 1. The van der Waals surface area contributed by atoms with Crippen molar-refractivity contribution in [3.8, 4) is 17.5 Å². The topological polar surface area (TPSA) is 72.7 Å². The molecule has 0 fully saturated rings. The molecule has 1 N–H and O–H groups in total. The van der Waals surface area contributed by atoms with Gasteiger partial charge in [-0.2, -0.15) is 5.10 Å². The molecule has 6 heteroatoms. The van der Waals surface area contributed by atoms with Crippen LogP contribution in [0.5, 0.6) is 0 Å². The predicted molar refractivity (Wildman–Crippen MR) is 104 cm³/mol. The van der Waals surface area contributed by atoms with Crippen molar-refractivity contribution in [2.24, 2.45) is 7.05 Å². The Morgan fingerprint density at radius 1 is 0.963 bits per heavy atom. The second-order valence-electron chi connectivity index (χ2n) is 6.15. The maximum atomic E-state index is 13.1. The minimum atomic E-state index is -0.480. The van der Waals surface area contributed by atoms with Crippen molar-refractivity contribution in [2.75, 3.05) is 0 Å². The quantitative estimate of drug-likeness (QED) is 0.531. The van der Waals surface area contributed by atoms with E-state index in [9.17, 15) is 9.59 Å². The maximum absolute atomic E-state index is 13.1. The zero-order valence-electron chi connectivity index (χ0n) is 14.9. The standard InChI is InChI=1S/C21H16N4O2/c1-14-16(13-22-24(14)2)12-11-15-7-6-10-18-19(15)20(26)25(21(27)23-18)17-8-4-3-5-9-17/h3-10,13H,1-2H3,(H,23,27). The molecule has 0 saturated carbocycles. The van der Waals surface area contributed by atoms with Gasteiger partial charge in [0.05, 0.1) is 34.0 Å². The molecule has 0 spiro atoms. The first-order valence-corrected chi connectivity index (χ1v) is 8.40. The molecule has 0 radical (unpaired) electrons. The van der Waals surface area contributed by atoms with Crippen LogP contribution in [0, 0.1) is 18.8 Å². The maximum Gasteiger partial charge on any atom is 0.333 e. The minimum absolute atomic E-state index is 0.384. The predicted octanol–water partition coefficient (Wildman–Crippen LogP) is 2.12. The van der Waals surface area contributed by atoms with Gasteiger partial charge in [0.15, 0.2) is 0 Å². The van der Waals surface area contributed by atoms with Crippen molar-refractivity contribution < 1.29 is 0 Å². The van der Waals surface area contributed by atoms with Crippen LogP contribution in [-0.2, 0) is 7.05 Å². The van der Waals surface area contributed by atoms with Crippen LogP contribution >= 0.6 is 0 Å². The van der Waals surface area contributed by atoms with E-state index >= 15 is 0 Å². The second-order valence-corrected chi connectivity index (χ2v) is 6.15. The lowest BCUT2D eigenvalue weighted by molar-refractivity contribution is 0.740. The Hall–Kier alpha value is -3.85. The van der Waals surface area contributed by atoms with Crippen LogP contribution in [0.3, 0.4) is 0 Å². The lowest BCUT2D eigenvalue weighted by atomic mass is 10.1. The lowest BCUT2D eigenvalue weighted by Crippen LogP contribution is -2.33. The van der Waals surface area contributed by atoms with E-state index in [-0.39, 0.29) is 0 Å². The molecule has 2 aromatic heterocycles. The number of H-pyrrole nitrogens is 1. The van der Waals surface area contributed by atoms with Gasteiger partial charge in [0.1, 0.15) is 0 Å². The molecule has 4 aromatic rings. The summed E-state index contributed by atoms with van der Waals surface area (Å²) in [7, 11) is 1.85. The van der Waals surface area contributed by atoms with Crippen molar-refractivity contribution in [3.63, 3.8) is 0 Å². The molecule has 0 saturated heterocycles. The summed E-state index contributed by atoms with van der Waals surface area (Å²) in [6.07, 6.45) is 1.69. The molecule has 2 aromatic carbocycles. The van der Waals surface area contributed by atoms with Crippen LogP contribution in [0.15, 0.2) is 64.3 Å². The zero-order chi connectivity index (χ0) is 19.0. The highest BCUT2D eigenvalue weighted by Gasteiger charge is 2.12. The van der Waals surface area contributed by atoms with Gasteiger partial charge in [-0.3, -0.25) is 9.48 Å². The average molecular weight is 356 g/mol. The normalized spacial score (nSPS) is 10.6. The summed E-state index contributed by atoms with van der Waals surface area (Å²) in [4.78, 5) is 28.3. The molecule has 4 rings (SSSR count). The van der Waals surface area contributed by atoms with Crippen molar-refractivity contribution in [3.05, 3.63) is 92.4 Å². The number of rotatable bonds is 1. The van der Waals surface area contributed by atoms with Gasteiger partial charge >= 0.3 is 5.69 Å². The van der Waals surface area contributed by atoms with Crippen LogP contribution < -0.4 is 11.2 Å². The third-order valence-corrected chi connectivity index (χ3v) is 4.51. The Balaban J connectivity index is 1.98. The number of aryl methyl sites for hydroxylation is 1. The Morgan fingerprint density at radius 2 is 1.70 bits per heavy atom. The monoisotopic (exact) mass is 356 g/mol. The van der Waals surface area contributed by atoms with Gasteiger partial charge in [-0.05, 0) is 31.2 Å². The number of aromatic nitrogens is 4. The summed E-state index contributed by atoms with van der Waals surface area (Å²) in [5.41, 5.74) is 2.39. The third kappa shape index (κ3) is 2.85. The molecule has 0 aliphatic heterocycles. The van der Waals surface area contributed by atoms with Gasteiger partial charge in [-0.1, -0.05) is 36.1 Å². The second kappa shape index (κ2) is 6.46. The van der Waals surface area contributed by atoms with Gasteiger partial charge in [0, 0.05) is 12.6 Å². The van der Waals surface area contributed by atoms with E-state index < -0.39 is 11.2 Å². The molecule has 0 aliphatic carbocycles. The molecule has 0 atom stereocenters. The fraction of sp³-hybridized carbons (Fsp3) is 0.0952. The molecule has 132 valence electrons. The summed E-state index contributed by atoms with van der Waals surface area (Å²) in [5.74, 6) is 6.13. The molecular formula is C21H16N4O2. The molecular weight excluding hydrogens is 340 g/mol. The number of nitrogens with zero attached hydrogens (tertiary/aromatic N) is 3. The smallest absolute Gasteiger partial charge is 0.306 e. The van der Waals surface area contributed by atoms with Gasteiger partial charge < -0.3 is 4.98 Å². The fourth-order valence-electron chi connectivity index (χ4n) is 2.93. The molecule has 6 nitrogen and oxygen atoms in total. The summed E-state index contributed by atoms with van der Waals surface area (Å²) in [6.45, 7) is 1.93. The summed E-state index contributed by atoms with van der Waals surface area (Å²) < 4.78 is 2.87. The number of hydrogen-bond acceptors (Lipinski definition) is 3. The zero-order valence-corrected chi connectivity index (χ0v) is 14.9. The first-order valence-electron chi connectivity index (χ1n) is 8.40. The fourth-order valence-corrected chi connectivity index (χ4v) is 2.93. The lowest BCUT2D eigenvalue weighted by Gasteiger charge is -2.07. The minimum Gasteiger partial charge on any atom is -0.306 e. The van der Waals surface area contributed by atoms with Crippen LogP contribution in [0.1, 0.15) is 16.8 Å². The summed E-state index contributed by atoms with van der Waals surface area (Å²) in [5, 5.41) is 4.56. The molecule has 27 heavy (non-hydrogen) atoms. The molecule has 2 heterocycles. The van der Waals surface area contributed by atoms with Crippen molar-refractivity contribution >= 4 is 10.9 Å². The van der Waals surface area contributed by atoms with Crippen LogP contribution in [0.25, 0.3) is 16.6 Å². The van der Waals surface area contributed by atoms with Gasteiger partial charge in [0.25, 0.3) is 5.56 Å². The summed E-state index contributed by atoms with van der Waals surface area (Å²) in [6, 6.07) is 14.1. The number of nitrogens with one attached hydrogen (secondary N) is 1. The van der Waals surface area contributed by atoms with Crippen LogP contribution in [-0.4, -0.2) is 19.3 Å².